The Morgan fingerprint density at radius 2 is 1.92 bits per heavy atom. The Balaban J connectivity index is 1.31. The summed E-state index contributed by atoms with van der Waals surface area (Å²) in [6, 6.07) is 13.5. The normalized spacial score (nSPS) is 22.7. The number of hydrogen-bond acceptors (Lipinski definition) is 4. The van der Waals surface area contributed by atoms with Gasteiger partial charge in [-0.3, -0.25) is 9.80 Å². The van der Waals surface area contributed by atoms with Crippen LogP contribution in [0.25, 0.3) is 0 Å². The second kappa shape index (κ2) is 8.30. The number of hydrogen-bond donors (Lipinski definition) is 0. The van der Waals surface area contributed by atoms with E-state index in [1.54, 1.807) is 0 Å². The van der Waals surface area contributed by atoms with Crippen LogP contribution in [0.2, 0.25) is 5.02 Å². The predicted molar refractivity (Wildman–Crippen MR) is 113 cm³/mol. The molecule has 0 bridgehead atoms. The number of piperidine rings is 1. The van der Waals surface area contributed by atoms with E-state index >= 15 is 0 Å². The smallest absolute Gasteiger partial charge is 0.0426 e. The molecule has 2 aliphatic heterocycles. The highest BCUT2D eigenvalue weighted by atomic mass is 35.5. The molecular weight excluding hydrogens is 362 g/mol. The average molecular weight is 390 g/mol. The summed E-state index contributed by atoms with van der Waals surface area (Å²) in [5.41, 5.74) is 1.26. The van der Waals surface area contributed by atoms with Gasteiger partial charge in [0, 0.05) is 65.8 Å². The van der Waals surface area contributed by atoms with Crippen molar-refractivity contribution in [2.24, 2.45) is 0 Å². The molecule has 0 amide bonds. The highest BCUT2D eigenvalue weighted by Gasteiger charge is 2.28. The van der Waals surface area contributed by atoms with Crippen LogP contribution in [0.1, 0.15) is 22.6 Å². The van der Waals surface area contributed by atoms with E-state index < -0.39 is 0 Å². The second-order valence-electron chi connectivity index (χ2n) is 7.55. The summed E-state index contributed by atoms with van der Waals surface area (Å²) in [7, 11) is 0. The molecule has 0 N–H and O–H groups in total. The minimum Gasteiger partial charge on any atom is -0.369 e. The number of nitrogens with zero attached hydrogens (tertiary/aromatic N) is 3. The van der Waals surface area contributed by atoms with Crippen LogP contribution < -0.4 is 4.90 Å². The first-order valence-corrected chi connectivity index (χ1v) is 10.9. The van der Waals surface area contributed by atoms with Crippen LogP contribution in [0, 0.1) is 6.92 Å². The summed E-state index contributed by atoms with van der Waals surface area (Å²) in [5, 5.41) is 0.830. The third-order valence-electron chi connectivity index (χ3n) is 5.66. The van der Waals surface area contributed by atoms with E-state index in [1.807, 2.05) is 17.4 Å². The highest BCUT2D eigenvalue weighted by Crippen LogP contribution is 2.25. The molecule has 2 aromatic rings. The molecule has 2 saturated heterocycles. The molecule has 140 valence electrons. The zero-order valence-corrected chi connectivity index (χ0v) is 17.1. The molecule has 26 heavy (non-hydrogen) atoms. The zero-order chi connectivity index (χ0) is 17.9. The van der Waals surface area contributed by atoms with Crippen LogP contribution in [0.4, 0.5) is 5.69 Å². The van der Waals surface area contributed by atoms with Crippen LogP contribution in [0.15, 0.2) is 36.4 Å². The van der Waals surface area contributed by atoms with Gasteiger partial charge in [-0.1, -0.05) is 17.7 Å². The van der Waals surface area contributed by atoms with Crippen LogP contribution in [0.5, 0.6) is 0 Å². The maximum absolute atomic E-state index is 6.16. The maximum Gasteiger partial charge on any atom is 0.0426 e. The number of thiophene rings is 1. The predicted octanol–water partition coefficient (Wildman–Crippen LogP) is 4.50. The third kappa shape index (κ3) is 4.42. The number of likely N-dealkylation sites (tertiary alicyclic amines) is 1. The molecule has 0 aliphatic carbocycles. The fourth-order valence-electron chi connectivity index (χ4n) is 4.28. The summed E-state index contributed by atoms with van der Waals surface area (Å²) < 4.78 is 0. The topological polar surface area (TPSA) is 9.72 Å². The van der Waals surface area contributed by atoms with Crippen molar-refractivity contribution in [1.82, 2.24) is 9.80 Å². The van der Waals surface area contributed by atoms with Crippen LogP contribution >= 0.6 is 22.9 Å². The SMILES string of the molecule is Cc1ccc(CN2CCCC(N3CCN(c4cccc(Cl)c4)CC3)C2)s1. The largest absolute Gasteiger partial charge is 0.369 e. The fraction of sp³-hybridized carbons (Fsp3) is 0.524. The lowest BCUT2D eigenvalue weighted by Gasteiger charge is -2.44. The molecular formula is C21H28ClN3S. The molecule has 3 heterocycles. The minimum atomic E-state index is 0.714. The average Bonchev–Trinajstić information content (AvgIpc) is 3.07. The zero-order valence-electron chi connectivity index (χ0n) is 15.5. The van der Waals surface area contributed by atoms with E-state index in [0.29, 0.717) is 6.04 Å². The molecule has 3 nitrogen and oxygen atoms in total. The monoisotopic (exact) mass is 389 g/mol. The summed E-state index contributed by atoms with van der Waals surface area (Å²) >= 11 is 8.10. The minimum absolute atomic E-state index is 0.714. The van der Waals surface area contributed by atoms with Crippen molar-refractivity contribution < 1.29 is 0 Å². The van der Waals surface area contributed by atoms with Crippen LogP contribution in [-0.4, -0.2) is 55.1 Å². The molecule has 4 rings (SSSR count). The Hall–Kier alpha value is -1.07. The quantitative estimate of drug-likeness (QED) is 0.762. The van der Waals surface area contributed by atoms with E-state index in [1.165, 1.54) is 41.4 Å². The van der Waals surface area contributed by atoms with Gasteiger partial charge in [0.05, 0.1) is 0 Å². The summed E-state index contributed by atoms with van der Waals surface area (Å²) in [4.78, 5) is 10.8. The molecule has 0 saturated carbocycles. The van der Waals surface area contributed by atoms with Gasteiger partial charge in [0.1, 0.15) is 0 Å². The third-order valence-corrected chi connectivity index (χ3v) is 6.88. The molecule has 5 heteroatoms. The van der Waals surface area contributed by atoms with E-state index in [-0.39, 0.29) is 0 Å². The highest BCUT2D eigenvalue weighted by molar-refractivity contribution is 7.11. The number of rotatable bonds is 4. The van der Waals surface area contributed by atoms with Gasteiger partial charge in [0.15, 0.2) is 0 Å². The number of anilines is 1. The van der Waals surface area contributed by atoms with Crippen molar-refractivity contribution >= 4 is 28.6 Å². The molecule has 2 fully saturated rings. The Morgan fingerprint density at radius 1 is 1.08 bits per heavy atom. The summed E-state index contributed by atoms with van der Waals surface area (Å²) in [6.45, 7) is 10.3. The van der Waals surface area contributed by atoms with Crippen molar-refractivity contribution in [3.63, 3.8) is 0 Å². The first-order chi connectivity index (χ1) is 12.7. The number of halogens is 1. The lowest BCUT2D eigenvalue weighted by atomic mass is 10.0. The maximum atomic E-state index is 6.16. The first-order valence-electron chi connectivity index (χ1n) is 9.69. The molecule has 0 radical (unpaired) electrons. The molecule has 0 spiro atoms. The standard InChI is InChI=1S/C21H28ClN3S/c1-17-7-8-21(26-17)16-23-9-3-6-20(15-23)25-12-10-24(11-13-25)19-5-2-4-18(22)14-19/h2,4-5,7-8,14,20H,3,6,9-13,15-16H2,1H3. The molecule has 2 aliphatic rings. The van der Waals surface area contributed by atoms with Crippen molar-refractivity contribution in [3.8, 4) is 0 Å². The number of aryl methyl sites for hydroxylation is 1. The van der Waals surface area contributed by atoms with Gasteiger partial charge in [-0.2, -0.15) is 0 Å². The molecule has 1 aromatic carbocycles. The van der Waals surface area contributed by atoms with Gasteiger partial charge < -0.3 is 4.90 Å². The summed E-state index contributed by atoms with van der Waals surface area (Å²) in [6.07, 6.45) is 2.67. The van der Waals surface area contributed by atoms with Crippen LogP contribution in [-0.2, 0) is 6.54 Å². The van der Waals surface area contributed by atoms with E-state index in [0.717, 1.165) is 37.7 Å². The van der Waals surface area contributed by atoms with Gasteiger partial charge in [-0.15, -0.1) is 11.3 Å². The number of piperazine rings is 1. The van der Waals surface area contributed by atoms with Crippen molar-refractivity contribution in [2.75, 3.05) is 44.2 Å². The van der Waals surface area contributed by atoms with Crippen molar-refractivity contribution in [2.45, 2.75) is 32.4 Å². The van der Waals surface area contributed by atoms with E-state index in [2.05, 4.69) is 52.0 Å². The Morgan fingerprint density at radius 3 is 2.65 bits per heavy atom. The lowest BCUT2D eigenvalue weighted by Crippen LogP contribution is -2.55. The van der Waals surface area contributed by atoms with Gasteiger partial charge >= 0.3 is 0 Å². The first kappa shape index (κ1) is 18.3. The van der Waals surface area contributed by atoms with Gasteiger partial charge in [0.2, 0.25) is 0 Å². The lowest BCUT2D eigenvalue weighted by molar-refractivity contribution is 0.0893. The van der Waals surface area contributed by atoms with Crippen molar-refractivity contribution in [3.05, 3.63) is 51.2 Å². The van der Waals surface area contributed by atoms with Crippen LogP contribution in [0.3, 0.4) is 0 Å². The number of benzene rings is 1. The van der Waals surface area contributed by atoms with Gasteiger partial charge in [-0.25, -0.2) is 0 Å². The molecule has 1 unspecified atom stereocenters. The molecule has 1 aromatic heterocycles. The Labute approximate surface area is 166 Å². The van der Waals surface area contributed by atoms with Crippen molar-refractivity contribution in [1.29, 1.82) is 0 Å². The van der Waals surface area contributed by atoms with E-state index in [4.69, 9.17) is 11.6 Å². The second-order valence-corrected chi connectivity index (χ2v) is 9.36. The van der Waals surface area contributed by atoms with E-state index in [9.17, 15) is 0 Å². The van der Waals surface area contributed by atoms with Gasteiger partial charge in [-0.05, 0) is 56.6 Å². The molecule has 1 atom stereocenters. The van der Waals surface area contributed by atoms with Gasteiger partial charge in [0.25, 0.3) is 0 Å². The Kier molecular flexibility index (Phi) is 5.84. The summed E-state index contributed by atoms with van der Waals surface area (Å²) in [5.74, 6) is 0. The Bertz CT molecular complexity index is 724. The fourth-order valence-corrected chi connectivity index (χ4v) is 5.40.